The second-order valence-corrected chi connectivity index (χ2v) is 42.4. The topological polar surface area (TPSA) is 67.0 Å². The molecule has 0 aliphatic heterocycles. The van der Waals surface area contributed by atoms with Gasteiger partial charge in [0.25, 0.3) is 0 Å². The number of rotatable bonds is 18. The number of hydrogen-bond donors (Lipinski definition) is 0. The Balaban J connectivity index is 0.000000127. The Morgan fingerprint density at radius 1 is 0.161 bits per heavy atom. The number of anilines is 18. The summed E-state index contributed by atoms with van der Waals surface area (Å²) >= 11 is 0. The normalized spacial score (nSPS) is 12.7. The second-order valence-electron chi connectivity index (χ2n) is 42.4. The van der Waals surface area contributed by atoms with E-state index in [0.717, 1.165) is 67.9 Å². The van der Waals surface area contributed by atoms with E-state index in [4.69, 9.17) is 0 Å². The molecule has 0 saturated carbocycles. The predicted molar refractivity (Wildman–Crippen MR) is 629 cm³/mol. The third-order valence-corrected chi connectivity index (χ3v) is 30.4. The minimum absolute atomic E-state index is 0.218. The summed E-state index contributed by atoms with van der Waals surface area (Å²) in [6, 6.07) is 163. The first-order valence-electron chi connectivity index (χ1n) is 51.8. The number of nitrogens with zero attached hydrogens (tertiary/aromatic N) is 8. The van der Waals surface area contributed by atoms with Crippen LogP contribution in [0.5, 0.6) is 0 Å². The van der Waals surface area contributed by atoms with Gasteiger partial charge in [0.05, 0.1) is 40.3 Å². The molecule has 0 atom stereocenters. The maximum absolute atomic E-state index is 9.52. The zero-order chi connectivity index (χ0) is 103. The van der Waals surface area contributed by atoms with Crippen molar-refractivity contribution in [3.05, 3.63) is 537 Å². The van der Waals surface area contributed by atoms with E-state index in [9.17, 15) is 10.5 Å². The molecular weight excluding hydrogens is 1810 g/mol. The Morgan fingerprint density at radius 3 is 0.611 bits per heavy atom. The lowest BCUT2D eigenvalue weighted by atomic mass is 9.81. The third-order valence-electron chi connectivity index (χ3n) is 30.4. The molecule has 0 N–H and O–H groups in total. The van der Waals surface area contributed by atoms with E-state index < -0.39 is 0 Å². The van der Waals surface area contributed by atoms with Crippen LogP contribution in [0.15, 0.2) is 437 Å². The number of hydrogen-bond acceptors (Lipinski definition) is 8. The first-order chi connectivity index (χ1) is 72.1. The summed E-state index contributed by atoms with van der Waals surface area (Å²) in [6.45, 7) is 36.1. The van der Waals surface area contributed by atoms with Crippen LogP contribution in [0.4, 0.5) is 102 Å². The van der Waals surface area contributed by atoms with Gasteiger partial charge in [0.1, 0.15) is 0 Å². The average Bonchev–Trinajstić information content (AvgIpc) is 1.56. The number of para-hydroxylation sites is 4. The maximum Gasteiger partial charge on any atom is 0.0991 e. The van der Waals surface area contributed by atoms with Crippen LogP contribution < -0.4 is 29.4 Å². The van der Waals surface area contributed by atoms with Crippen LogP contribution in [0.2, 0.25) is 0 Å². The number of nitriles is 2. The average molecular weight is 1930 g/mol. The SMILES string of the molecule is CC1(C)c2cc(N(c3ccccc3)c3ccc(C#N)cc3)ccc2-c2c1cc(N(c1ccccc1)c1ccc(C#N)cc1)c1ccccc21.Cc1cc(C)cc(N(c2cc(C)cc(C)c2)c2ccc3c(c2)C(C)(C)c2cc(N(c4cc(C)cc(C)c4)c4cc(C)cc(C)c4)c4ccccc4c2-3)c1.Cc1ccc(N(c2ccccc2)c2ccc3c(c2)C(C)(C)c2cc(N(c4ccccc4)c4ccc(C)cc4)c4ccccc4c2-3)cc1. The molecule has 0 saturated heterocycles. The summed E-state index contributed by atoms with van der Waals surface area (Å²) in [7, 11) is 0. The Kier molecular flexibility index (Phi) is 25.1. The van der Waals surface area contributed by atoms with Crippen LogP contribution in [0.1, 0.15) is 142 Å². The highest BCUT2D eigenvalue weighted by atomic mass is 15.2. The Bertz CT molecular complexity index is 8670. The van der Waals surface area contributed by atoms with Gasteiger partial charge in [-0.25, -0.2) is 0 Å². The summed E-state index contributed by atoms with van der Waals surface area (Å²) in [5.74, 6) is 0. The number of benzene rings is 21. The molecule has 21 aromatic carbocycles. The van der Waals surface area contributed by atoms with Gasteiger partial charge in [-0.3, -0.25) is 0 Å². The zero-order valence-electron chi connectivity index (χ0n) is 87.6. The van der Waals surface area contributed by atoms with Crippen molar-refractivity contribution in [2.75, 3.05) is 29.4 Å². The van der Waals surface area contributed by atoms with Gasteiger partial charge in [0.2, 0.25) is 0 Å². The van der Waals surface area contributed by atoms with Crippen molar-refractivity contribution in [2.45, 2.75) is 127 Å². The quantitative estimate of drug-likeness (QED) is 0.0842. The molecule has 0 spiro atoms. The Hall–Kier alpha value is -17.8. The molecule has 3 aliphatic rings. The molecule has 8 nitrogen and oxygen atoms in total. The summed E-state index contributed by atoms with van der Waals surface area (Å²) in [5.41, 5.74) is 49.2. The van der Waals surface area contributed by atoms with E-state index >= 15 is 0 Å². The minimum Gasteiger partial charge on any atom is -0.310 e. The third kappa shape index (κ3) is 17.8. The predicted octanol–water partition coefficient (Wildman–Crippen LogP) is 39.1. The van der Waals surface area contributed by atoms with E-state index in [0.29, 0.717) is 11.1 Å². The first-order valence-corrected chi connectivity index (χ1v) is 51.8. The molecule has 0 bridgehead atoms. The van der Waals surface area contributed by atoms with Crippen molar-refractivity contribution in [3.8, 4) is 45.5 Å². The lowest BCUT2D eigenvalue weighted by molar-refractivity contribution is 0.661. The molecule has 0 amide bonds. The van der Waals surface area contributed by atoms with Gasteiger partial charge < -0.3 is 29.4 Å². The van der Waals surface area contributed by atoms with Gasteiger partial charge in [-0.05, 0) is 421 Å². The molecule has 0 heterocycles. The summed E-state index contributed by atoms with van der Waals surface area (Å²) in [5, 5.41) is 26.4. The second kappa shape index (κ2) is 38.9. The fourth-order valence-electron chi connectivity index (χ4n) is 23.6. The monoisotopic (exact) mass is 1920 g/mol. The van der Waals surface area contributed by atoms with Gasteiger partial charge in [-0.2, -0.15) is 10.5 Å². The van der Waals surface area contributed by atoms with Crippen LogP contribution in [-0.2, 0) is 16.2 Å². The number of aryl methyl sites for hydroxylation is 10. The highest BCUT2D eigenvalue weighted by Crippen LogP contribution is 2.61. The van der Waals surface area contributed by atoms with Gasteiger partial charge in [0.15, 0.2) is 0 Å². The molecule has 724 valence electrons. The van der Waals surface area contributed by atoms with E-state index in [1.54, 1.807) is 0 Å². The molecule has 24 rings (SSSR count). The lowest BCUT2D eigenvalue weighted by Gasteiger charge is -2.31. The van der Waals surface area contributed by atoms with Crippen molar-refractivity contribution < 1.29 is 0 Å². The van der Waals surface area contributed by atoms with Crippen LogP contribution in [0.25, 0.3) is 65.7 Å². The van der Waals surface area contributed by atoms with Crippen molar-refractivity contribution in [2.24, 2.45) is 0 Å². The van der Waals surface area contributed by atoms with E-state index in [-0.39, 0.29) is 16.2 Å². The van der Waals surface area contributed by atoms with E-state index in [2.05, 4.69) is 528 Å². The number of fused-ring (bicyclic) bond motifs is 15. The standard InChI is InChI=1S/C51H50N2.C45H32N4.C45H38N2/c1-31-17-32(2)22-40(21-31)52(41-23-33(3)18-34(4)24-41)39-15-16-46-47(29-39)51(9,10)48-30-49(44-13-11-12-14-45(44)50(46)48)53(42-25-35(5)19-36(6)26-42)43-27-37(7)20-38(8)28-43;1-45(2)41-27-37(48(33-11-5-3-6-12-33)35-21-17-31(29-46)18-22-35)25-26-40(41)44-39-16-10-9-15-38(39)43(28-42(44)45)49(34-13-7-4-8-14-34)36-23-19-32(30-47)20-24-36;1-31-19-23-35(24-20-31)46(33-13-7-5-8-14-33)37-27-28-40-41(29-37)45(3,4)42-30-43(38-17-11-12-18-39(38)44(40)42)47(34-15-9-6-10-16-34)36-25-21-32(2)22-26-36/h11-30H,1-10H3;3-28H,1-2H3;5-30H,1-4H3. The maximum atomic E-state index is 9.52. The van der Waals surface area contributed by atoms with Crippen molar-refractivity contribution >= 4 is 135 Å². The molecule has 149 heavy (non-hydrogen) atoms. The summed E-state index contributed by atoms with van der Waals surface area (Å²) in [4.78, 5) is 14.3. The van der Waals surface area contributed by atoms with Crippen molar-refractivity contribution in [3.63, 3.8) is 0 Å². The van der Waals surface area contributed by atoms with E-state index in [1.165, 1.54) is 189 Å². The van der Waals surface area contributed by atoms with Crippen LogP contribution in [0, 0.1) is 91.9 Å². The fourth-order valence-corrected chi connectivity index (χ4v) is 23.6. The van der Waals surface area contributed by atoms with Crippen LogP contribution >= 0.6 is 0 Å². The fraction of sp³-hybridized carbons (Fsp3) is 0.135. The van der Waals surface area contributed by atoms with Crippen LogP contribution in [-0.4, -0.2) is 0 Å². The first kappa shape index (κ1) is 96.0. The van der Waals surface area contributed by atoms with E-state index in [1.807, 2.05) is 60.7 Å². The largest absolute Gasteiger partial charge is 0.310 e. The van der Waals surface area contributed by atoms with Gasteiger partial charge in [-0.1, -0.05) is 265 Å². The molecular formula is C141H120N8. The molecule has 8 heteroatoms. The zero-order valence-corrected chi connectivity index (χ0v) is 87.6. The highest BCUT2D eigenvalue weighted by Gasteiger charge is 2.43. The molecule has 0 fully saturated rings. The highest BCUT2D eigenvalue weighted by molar-refractivity contribution is 6.14. The smallest absolute Gasteiger partial charge is 0.0991 e. The van der Waals surface area contributed by atoms with Gasteiger partial charge in [0, 0.05) is 118 Å². The van der Waals surface area contributed by atoms with Crippen LogP contribution in [0.3, 0.4) is 0 Å². The van der Waals surface area contributed by atoms with Crippen molar-refractivity contribution in [1.82, 2.24) is 0 Å². The lowest BCUT2D eigenvalue weighted by Crippen LogP contribution is -2.18. The van der Waals surface area contributed by atoms with Crippen molar-refractivity contribution in [1.29, 1.82) is 10.5 Å². The molecule has 0 unspecified atom stereocenters. The Morgan fingerprint density at radius 2 is 0.356 bits per heavy atom. The Labute approximate surface area is 877 Å². The minimum atomic E-state index is -0.306. The summed E-state index contributed by atoms with van der Waals surface area (Å²) < 4.78 is 0. The summed E-state index contributed by atoms with van der Waals surface area (Å²) in [6.07, 6.45) is 0. The molecule has 0 radical (unpaired) electrons. The molecule has 0 aromatic heterocycles. The molecule has 21 aromatic rings. The van der Waals surface area contributed by atoms with Gasteiger partial charge in [-0.15, -0.1) is 0 Å². The molecule has 3 aliphatic carbocycles. The van der Waals surface area contributed by atoms with Gasteiger partial charge >= 0.3 is 0 Å².